The van der Waals surface area contributed by atoms with E-state index in [1.54, 1.807) is 4.52 Å². The molecule has 130 valence electrons. The molecule has 0 aliphatic carbocycles. The van der Waals surface area contributed by atoms with Crippen LogP contribution in [0.15, 0.2) is 35.5 Å². The number of benzene rings is 1. The molecule has 0 saturated carbocycles. The van der Waals surface area contributed by atoms with Crippen molar-refractivity contribution < 1.29 is 4.79 Å². The Hall–Kier alpha value is -2.12. The molecule has 0 aliphatic heterocycles. The first-order valence-corrected chi connectivity index (χ1v) is 9.17. The summed E-state index contributed by atoms with van der Waals surface area (Å²) < 4.78 is 1.68. The second-order valence-corrected chi connectivity index (χ2v) is 7.16. The van der Waals surface area contributed by atoms with E-state index in [4.69, 9.17) is 11.6 Å². The molecule has 0 spiro atoms. The van der Waals surface area contributed by atoms with Gasteiger partial charge in [0.25, 0.3) is 5.78 Å². The van der Waals surface area contributed by atoms with Gasteiger partial charge in [-0.25, -0.2) is 9.50 Å². The molecule has 2 aromatic heterocycles. The first-order valence-electron chi connectivity index (χ1n) is 7.81. The molecule has 0 fully saturated rings. The van der Waals surface area contributed by atoms with Gasteiger partial charge in [0.05, 0.1) is 11.8 Å². The quantitative estimate of drug-likeness (QED) is 0.692. The van der Waals surface area contributed by atoms with E-state index in [1.807, 2.05) is 51.1 Å². The molecule has 1 atom stereocenters. The molecule has 0 saturated heterocycles. The number of hydrogen-bond acceptors (Lipinski definition) is 5. The van der Waals surface area contributed by atoms with Crippen LogP contribution in [-0.4, -0.2) is 31.2 Å². The van der Waals surface area contributed by atoms with Crippen LogP contribution in [0.2, 0.25) is 5.02 Å². The average Bonchev–Trinajstić information content (AvgIpc) is 2.96. The fourth-order valence-corrected chi connectivity index (χ4v) is 3.31. The van der Waals surface area contributed by atoms with E-state index in [9.17, 15) is 4.79 Å². The molecule has 0 aliphatic rings. The Morgan fingerprint density at radius 3 is 2.88 bits per heavy atom. The number of aryl methyl sites for hydroxylation is 2. The summed E-state index contributed by atoms with van der Waals surface area (Å²) in [7, 11) is 0. The molecule has 3 rings (SSSR count). The van der Waals surface area contributed by atoms with Gasteiger partial charge in [-0.1, -0.05) is 35.5 Å². The maximum absolute atomic E-state index is 12.2. The van der Waals surface area contributed by atoms with Gasteiger partial charge in [-0.15, -0.1) is 5.10 Å². The van der Waals surface area contributed by atoms with E-state index in [0.29, 0.717) is 16.0 Å². The van der Waals surface area contributed by atoms with E-state index in [1.165, 1.54) is 11.8 Å². The summed E-state index contributed by atoms with van der Waals surface area (Å²) in [5.74, 6) is 0.699. The monoisotopic (exact) mass is 375 g/mol. The summed E-state index contributed by atoms with van der Waals surface area (Å²) in [5.41, 5.74) is 2.81. The lowest BCUT2D eigenvalue weighted by atomic mass is 10.1. The van der Waals surface area contributed by atoms with Gasteiger partial charge in [-0.3, -0.25) is 4.79 Å². The standard InChI is InChI=1S/C17H18ClN5OS/c1-10-7-11(2)23-16(19-10)21-17(22-23)25-9-15(24)20-12(3)13-5-4-6-14(18)8-13/h4-8,12H,9H2,1-3H3,(H,20,24). The summed E-state index contributed by atoms with van der Waals surface area (Å²) in [4.78, 5) is 20.9. The highest BCUT2D eigenvalue weighted by Crippen LogP contribution is 2.19. The van der Waals surface area contributed by atoms with Crippen molar-refractivity contribution in [2.45, 2.75) is 32.0 Å². The van der Waals surface area contributed by atoms with Gasteiger partial charge in [0, 0.05) is 16.4 Å². The zero-order valence-corrected chi connectivity index (χ0v) is 15.7. The largest absolute Gasteiger partial charge is 0.349 e. The van der Waals surface area contributed by atoms with Crippen molar-refractivity contribution in [3.63, 3.8) is 0 Å². The number of carbonyl (C=O) groups excluding carboxylic acids is 1. The van der Waals surface area contributed by atoms with Crippen molar-refractivity contribution in [2.75, 3.05) is 5.75 Å². The molecule has 0 radical (unpaired) electrons. The molecule has 8 heteroatoms. The Morgan fingerprint density at radius 2 is 2.12 bits per heavy atom. The number of nitrogens with zero attached hydrogens (tertiary/aromatic N) is 4. The summed E-state index contributed by atoms with van der Waals surface area (Å²) in [6.45, 7) is 5.79. The van der Waals surface area contributed by atoms with E-state index < -0.39 is 0 Å². The van der Waals surface area contributed by atoms with Crippen molar-refractivity contribution in [3.05, 3.63) is 52.3 Å². The van der Waals surface area contributed by atoms with Gasteiger partial charge in [0.15, 0.2) is 0 Å². The van der Waals surface area contributed by atoms with Crippen LogP contribution in [0.5, 0.6) is 0 Å². The van der Waals surface area contributed by atoms with Gasteiger partial charge in [0.2, 0.25) is 11.1 Å². The maximum atomic E-state index is 12.2. The molecule has 1 aromatic carbocycles. The lowest BCUT2D eigenvalue weighted by molar-refractivity contribution is -0.119. The van der Waals surface area contributed by atoms with Crippen LogP contribution < -0.4 is 5.32 Å². The molecule has 2 heterocycles. The second-order valence-electron chi connectivity index (χ2n) is 5.78. The van der Waals surface area contributed by atoms with Crippen LogP contribution in [0.1, 0.15) is 29.9 Å². The number of carbonyl (C=O) groups is 1. The number of amides is 1. The third-order valence-electron chi connectivity index (χ3n) is 3.66. The molecule has 6 nitrogen and oxygen atoms in total. The van der Waals surface area contributed by atoms with Gasteiger partial charge in [0.1, 0.15) is 0 Å². The lowest BCUT2D eigenvalue weighted by Gasteiger charge is -2.14. The van der Waals surface area contributed by atoms with Crippen LogP contribution in [0.3, 0.4) is 0 Å². The smallest absolute Gasteiger partial charge is 0.253 e. The Bertz CT molecular complexity index is 927. The number of aromatic nitrogens is 4. The lowest BCUT2D eigenvalue weighted by Crippen LogP contribution is -2.28. The zero-order valence-electron chi connectivity index (χ0n) is 14.2. The van der Waals surface area contributed by atoms with Crippen molar-refractivity contribution in [1.29, 1.82) is 0 Å². The van der Waals surface area contributed by atoms with Crippen molar-refractivity contribution in [3.8, 4) is 0 Å². The van der Waals surface area contributed by atoms with Crippen LogP contribution in [0.25, 0.3) is 5.78 Å². The third kappa shape index (κ3) is 4.29. The summed E-state index contributed by atoms with van der Waals surface area (Å²) >= 11 is 7.28. The third-order valence-corrected chi connectivity index (χ3v) is 4.73. The zero-order chi connectivity index (χ0) is 18.0. The molecular formula is C17H18ClN5OS. The minimum absolute atomic E-state index is 0.0859. The van der Waals surface area contributed by atoms with Gasteiger partial charge >= 0.3 is 0 Å². The van der Waals surface area contributed by atoms with Crippen LogP contribution in [0, 0.1) is 13.8 Å². The van der Waals surface area contributed by atoms with Gasteiger partial charge in [-0.2, -0.15) is 4.98 Å². The number of rotatable bonds is 5. The minimum atomic E-state index is -0.118. The fraction of sp³-hybridized carbons (Fsp3) is 0.294. The fourth-order valence-electron chi connectivity index (χ4n) is 2.48. The first kappa shape index (κ1) is 17.7. The maximum Gasteiger partial charge on any atom is 0.253 e. The average molecular weight is 376 g/mol. The van der Waals surface area contributed by atoms with Crippen LogP contribution in [0.4, 0.5) is 0 Å². The molecule has 3 aromatic rings. The van der Waals surface area contributed by atoms with Crippen molar-refractivity contribution in [1.82, 2.24) is 24.9 Å². The van der Waals surface area contributed by atoms with E-state index in [2.05, 4.69) is 20.4 Å². The van der Waals surface area contributed by atoms with E-state index in [-0.39, 0.29) is 17.7 Å². The van der Waals surface area contributed by atoms with Gasteiger partial charge < -0.3 is 5.32 Å². The van der Waals surface area contributed by atoms with Crippen molar-refractivity contribution >= 4 is 35.0 Å². The molecule has 1 N–H and O–H groups in total. The Labute approximate surface area is 155 Å². The van der Waals surface area contributed by atoms with E-state index >= 15 is 0 Å². The number of halogens is 1. The topological polar surface area (TPSA) is 72.2 Å². The van der Waals surface area contributed by atoms with E-state index in [0.717, 1.165) is 17.0 Å². The Morgan fingerprint density at radius 1 is 1.32 bits per heavy atom. The minimum Gasteiger partial charge on any atom is -0.349 e. The molecule has 1 amide bonds. The Balaban J connectivity index is 1.61. The number of fused-ring (bicyclic) bond motifs is 1. The highest BCUT2D eigenvalue weighted by atomic mass is 35.5. The number of thioether (sulfide) groups is 1. The van der Waals surface area contributed by atoms with Crippen LogP contribution >= 0.6 is 23.4 Å². The van der Waals surface area contributed by atoms with Crippen LogP contribution in [-0.2, 0) is 4.79 Å². The summed E-state index contributed by atoms with van der Waals surface area (Å²) in [6, 6.07) is 9.28. The number of nitrogens with one attached hydrogen (secondary N) is 1. The van der Waals surface area contributed by atoms with Crippen molar-refractivity contribution in [2.24, 2.45) is 0 Å². The molecule has 0 bridgehead atoms. The highest BCUT2D eigenvalue weighted by molar-refractivity contribution is 7.99. The second kappa shape index (κ2) is 7.41. The van der Waals surface area contributed by atoms with Gasteiger partial charge in [-0.05, 0) is 44.5 Å². The molecule has 1 unspecified atom stereocenters. The normalized spacial score (nSPS) is 12.3. The highest BCUT2D eigenvalue weighted by Gasteiger charge is 2.13. The molecular weight excluding hydrogens is 358 g/mol. The molecule has 25 heavy (non-hydrogen) atoms. The Kier molecular flexibility index (Phi) is 5.24. The predicted molar refractivity (Wildman–Crippen MR) is 99.0 cm³/mol. The first-order chi connectivity index (χ1) is 11.9. The SMILES string of the molecule is Cc1cc(C)n2nc(SCC(=O)NC(C)c3cccc(Cl)c3)nc2n1. The summed E-state index contributed by atoms with van der Waals surface area (Å²) in [5, 5.41) is 8.52. The predicted octanol–water partition coefficient (Wildman–Crippen LogP) is 3.36. The number of hydrogen-bond donors (Lipinski definition) is 1. The summed E-state index contributed by atoms with van der Waals surface area (Å²) in [6.07, 6.45) is 0.